The van der Waals surface area contributed by atoms with Crippen LogP contribution < -0.4 is 0 Å². The molecule has 9 heavy (non-hydrogen) atoms. The molecule has 0 aliphatic carbocycles. The maximum atomic E-state index is 9.83. The summed E-state index contributed by atoms with van der Waals surface area (Å²) in [4.78, 5) is 0. The smallest absolute Gasteiger partial charge is 0.748 e. The molecule has 3 nitrogen and oxygen atoms in total. The molecule has 0 fully saturated rings. The molecule has 0 saturated carbocycles. The number of hydrogen-bond acceptors (Lipinski definition) is 3. The largest absolute Gasteiger partial charge is 1.00 e. The van der Waals surface area contributed by atoms with Gasteiger partial charge in [-0.3, -0.25) is 0 Å². The van der Waals surface area contributed by atoms with E-state index in [1.165, 1.54) is 6.92 Å². The van der Waals surface area contributed by atoms with Crippen molar-refractivity contribution in [3.05, 3.63) is 12.2 Å². The summed E-state index contributed by atoms with van der Waals surface area (Å²) in [5.41, 5.74) is 0.375. The Morgan fingerprint density at radius 1 is 1.67 bits per heavy atom. The number of rotatable bonds is 2. The van der Waals surface area contributed by atoms with E-state index in [0.29, 0.717) is 5.57 Å². The van der Waals surface area contributed by atoms with Crippen molar-refractivity contribution < 1.29 is 35.4 Å². The molecule has 0 aromatic rings. The summed E-state index contributed by atoms with van der Waals surface area (Å²) < 4.78 is 29.5. The minimum atomic E-state index is -4.07. The predicted molar refractivity (Wildman–Crippen MR) is 29.4 cm³/mol. The summed E-state index contributed by atoms with van der Waals surface area (Å²) in [6.45, 7) is 4.76. The van der Waals surface area contributed by atoms with Gasteiger partial charge in [0.15, 0.2) is 0 Å². The Morgan fingerprint density at radius 3 is 2.00 bits per heavy atom. The molecule has 0 aliphatic rings. The monoisotopic (exact) mass is 242 g/mol. The molecule has 0 bridgehead atoms. The molecule has 0 aromatic carbocycles. The van der Waals surface area contributed by atoms with Gasteiger partial charge in [-0.25, -0.2) is 8.42 Å². The second-order valence-electron chi connectivity index (χ2n) is 1.66. The molecule has 0 aliphatic heterocycles. The van der Waals surface area contributed by atoms with E-state index in [1.54, 1.807) is 0 Å². The van der Waals surface area contributed by atoms with Gasteiger partial charge in [-0.1, -0.05) is 12.2 Å². The van der Waals surface area contributed by atoms with Crippen LogP contribution in [0.5, 0.6) is 0 Å². The molecule has 0 saturated heterocycles. The van der Waals surface area contributed by atoms with Crippen molar-refractivity contribution in [2.24, 2.45) is 0 Å². The van der Waals surface area contributed by atoms with Crippen LogP contribution in [0.1, 0.15) is 6.92 Å². The van der Waals surface area contributed by atoms with E-state index in [2.05, 4.69) is 6.58 Å². The SMILES string of the molecule is C=C(C)CS(=O)(=O)[O-].[Ag+]. The molecule has 0 atom stereocenters. The van der Waals surface area contributed by atoms with E-state index in [1.807, 2.05) is 0 Å². The third-order valence-electron chi connectivity index (χ3n) is 0.423. The van der Waals surface area contributed by atoms with Gasteiger partial charge in [0, 0.05) is 0 Å². The predicted octanol–water partition coefficient (Wildman–Crippen LogP) is 0.105. The Bertz CT molecular complexity index is 182. The molecule has 0 unspecified atom stereocenters. The molecule has 0 N–H and O–H groups in total. The Hall–Kier alpha value is 0.390. The first-order chi connectivity index (χ1) is 3.42. The molecule has 58 valence electrons. The van der Waals surface area contributed by atoms with E-state index in [4.69, 9.17) is 0 Å². The maximum Gasteiger partial charge on any atom is 1.00 e. The van der Waals surface area contributed by atoms with Crippen LogP contribution in [0.4, 0.5) is 0 Å². The van der Waals surface area contributed by atoms with Crippen LogP contribution in [0.25, 0.3) is 0 Å². The molecule has 5 heteroatoms. The fourth-order valence-electron chi connectivity index (χ4n) is 0.302. The van der Waals surface area contributed by atoms with Gasteiger partial charge in [-0.2, -0.15) is 0 Å². The molecule has 0 aromatic heterocycles. The van der Waals surface area contributed by atoms with Crippen LogP contribution in [0.2, 0.25) is 0 Å². The van der Waals surface area contributed by atoms with Crippen molar-refractivity contribution in [2.75, 3.05) is 5.75 Å². The fraction of sp³-hybridized carbons (Fsp3) is 0.500. The first-order valence-corrected chi connectivity index (χ1v) is 3.57. The molecule has 0 amide bonds. The fourth-order valence-corrected chi connectivity index (χ4v) is 0.905. The van der Waals surface area contributed by atoms with Gasteiger partial charge in [0.2, 0.25) is 0 Å². The second-order valence-corrected chi connectivity index (χ2v) is 3.06. The molecule has 0 spiro atoms. The van der Waals surface area contributed by atoms with Crippen molar-refractivity contribution in [1.29, 1.82) is 0 Å². The zero-order chi connectivity index (χ0) is 6.78. The van der Waals surface area contributed by atoms with Crippen LogP contribution in [0.3, 0.4) is 0 Å². The van der Waals surface area contributed by atoms with E-state index >= 15 is 0 Å². The van der Waals surface area contributed by atoms with E-state index < -0.39 is 15.9 Å². The maximum absolute atomic E-state index is 9.83. The quantitative estimate of drug-likeness (QED) is 0.392. The molecule has 0 radical (unpaired) electrons. The molecule has 0 heterocycles. The minimum Gasteiger partial charge on any atom is -0.748 e. The van der Waals surface area contributed by atoms with Crippen molar-refractivity contribution >= 4 is 10.1 Å². The van der Waals surface area contributed by atoms with Gasteiger partial charge in [0.05, 0.1) is 15.9 Å². The normalized spacial score (nSPS) is 10.0. The Morgan fingerprint density at radius 2 is 2.00 bits per heavy atom. The third-order valence-corrected chi connectivity index (χ3v) is 1.27. The van der Waals surface area contributed by atoms with Crippen molar-refractivity contribution in [1.82, 2.24) is 0 Å². The van der Waals surface area contributed by atoms with Crippen LogP contribution in [-0.4, -0.2) is 18.7 Å². The summed E-state index contributed by atoms with van der Waals surface area (Å²) in [6.07, 6.45) is 0. The van der Waals surface area contributed by atoms with E-state index in [0.717, 1.165) is 0 Å². The molecule has 0 rings (SSSR count). The first kappa shape index (κ1) is 12.1. The zero-order valence-corrected chi connectivity index (χ0v) is 7.15. The first-order valence-electron chi connectivity index (χ1n) is 2.00. The van der Waals surface area contributed by atoms with Gasteiger partial charge >= 0.3 is 22.4 Å². The Balaban J connectivity index is 0. The summed E-state index contributed by atoms with van der Waals surface area (Å²) >= 11 is 0. The van der Waals surface area contributed by atoms with E-state index in [-0.39, 0.29) is 22.4 Å². The number of hydrogen-bond donors (Lipinski definition) is 0. The van der Waals surface area contributed by atoms with Crippen LogP contribution in [0, 0.1) is 0 Å². The Labute approximate surface area is 70.4 Å². The average molecular weight is 243 g/mol. The van der Waals surface area contributed by atoms with Crippen molar-refractivity contribution in [2.45, 2.75) is 6.92 Å². The topological polar surface area (TPSA) is 57.2 Å². The van der Waals surface area contributed by atoms with Crippen molar-refractivity contribution in [3.63, 3.8) is 0 Å². The summed E-state index contributed by atoms with van der Waals surface area (Å²) in [5, 5.41) is 0. The minimum absolute atomic E-state index is 0. The van der Waals surface area contributed by atoms with Crippen LogP contribution in [0.15, 0.2) is 12.2 Å². The van der Waals surface area contributed by atoms with Gasteiger partial charge in [-0.05, 0) is 6.92 Å². The van der Waals surface area contributed by atoms with Gasteiger partial charge in [0.1, 0.15) is 0 Å². The van der Waals surface area contributed by atoms with Gasteiger partial charge < -0.3 is 4.55 Å². The summed E-state index contributed by atoms with van der Waals surface area (Å²) in [6, 6.07) is 0. The summed E-state index contributed by atoms with van der Waals surface area (Å²) in [5.74, 6) is -0.451. The molecular weight excluding hydrogens is 236 g/mol. The van der Waals surface area contributed by atoms with Crippen LogP contribution in [-0.2, 0) is 32.5 Å². The second kappa shape index (κ2) is 4.24. The van der Waals surface area contributed by atoms with Gasteiger partial charge in [-0.15, -0.1) is 0 Å². The average Bonchev–Trinajstić information content (AvgIpc) is 1.21. The van der Waals surface area contributed by atoms with Crippen molar-refractivity contribution in [3.8, 4) is 0 Å². The Kier molecular flexibility index (Phi) is 5.71. The zero-order valence-electron chi connectivity index (χ0n) is 4.85. The van der Waals surface area contributed by atoms with E-state index in [9.17, 15) is 13.0 Å². The summed E-state index contributed by atoms with van der Waals surface area (Å²) in [7, 11) is -4.07. The van der Waals surface area contributed by atoms with Crippen LogP contribution >= 0.6 is 0 Å². The molecular formula is C4H7AgO3S. The third kappa shape index (κ3) is 11.8. The standard InChI is InChI=1S/C4H8O3S.Ag/c1-4(2)3-8(5,6)7;/h1,3H2,2H3,(H,5,6,7);/q;+1/p-1. The van der Waals surface area contributed by atoms with Gasteiger partial charge in [0.25, 0.3) is 0 Å².